The third kappa shape index (κ3) is 1.62. The maximum absolute atomic E-state index is 12.5. The van der Waals surface area contributed by atoms with Gasteiger partial charge in [-0.3, -0.25) is 4.79 Å². The molecule has 3 aliphatic rings. The third-order valence-corrected chi connectivity index (χ3v) is 5.60. The van der Waals surface area contributed by atoms with Gasteiger partial charge in [-0.05, 0) is 38.4 Å². The summed E-state index contributed by atoms with van der Waals surface area (Å²) < 4.78 is 11.6. The number of carbonyl (C=O) groups is 1. The Morgan fingerprint density at radius 3 is 3.10 bits per heavy atom. The van der Waals surface area contributed by atoms with Gasteiger partial charge >= 0.3 is 0 Å². The average molecular weight is 287 g/mol. The number of benzene rings is 1. The van der Waals surface area contributed by atoms with Gasteiger partial charge in [0.25, 0.3) is 0 Å². The van der Waals surface area contributed by atoms with Crippen LogP contribution < -0.4 is 9.47 Å². The first-order valence-corrected chi connectivity index (χ1v) is 7.72. The van der Waals surface area contributed by atoms with Gasteiger partial charge in [0.15, 0.2) is 23.4 Å². The van der Waals surface area contributed by atoms with Crippen LogP contribution in [0.4, 0.5) is 0 Å². The molecular formula is C17H21NO3. The van der Waals surface area contributed by atoms with Crippen LogP contribution >= 0.6 is 0 Å². The molecule has 1 saturated heterocycles. The Morgan fingerprint density at radius 1 is 1.43 bits per heavy atom. The summed E-state index contributed by atoms with van der Waals surface area (Å²) >= 11 is 0. The van der Waals surface area contributed by atoms with Crippen LogP contribution in [0.15, 0.2) is 18.2 Å². The van der Waals surface area contributed by atoms with Crippen LogP contribution in [-0.2, 0) is 10.2 Å². The topological polar surface area (TPSA) is 38.8 Å². The normalized spacial score (nSPS) is 34.7. The van der Waals surface area contributed by atoms with Gasteiger partial charge in [-0.2, -0.15) is 0 Å². The molecule has 2 heterocycles. The summed E-state index contributed by atoms with van der Waals surface area (Å²) in [7, 11) is 3.83. The van der Waals surface area contributed by atoms with Crippen LogP contribution in [0, 0.1) is 5.92 Å². The van der Waals surface area contributed by atoms with E-state index in [1.54, 1.807) is 7.11 Å². The number of fused-ring (bicyclic) bond motifs is 1. The highest BCUT2D eigenvalue weighted by Crippen LogP contribution is 2.57. The van der Waals surface area contributed by atoms with Crippen molar-refractivity contribution in [1.29, 1.82) is 0 Å². The van der Waals surface area contributed by atoms with Crippen LogP contribution in [0.25, 0.3) is 0 Å². The molecule has 1 aliphatic carbocycles. The molecule has 4 nitrogen and oxygen atoms in total. The van der Waals surface area contributed by atoms with Gasteiger partial charge in [0.2, 0.25) is 0 Å². The zero-order chi connectivity index (χ0) is 14.6. The molecule has 0 radical (unpaired) electrons. The zero-order valence-corrected chi connectivity index (χ0v) is 12.6. The second-order valence-electron chi connectivity index (χ2n) is 6.59. The number of para-hydroxylation sites is 1. The molecule has 2 aliphatic heterocycles. The fourth-order valence-electron chi connectivity index (χ4n) is 4.59. The molecule has 3 atom stereocenters. The Labute approximate surface area is 125 Å². The molecule has 4 rings (SSSR count). The molecule has 0 unspecified atom stereocenters. The summed E-state index contributed by atoms with van der Waals surface area (Å²) in [6.07, 6.45) is 2.29. The first-order chi connectivity index (χ1) is 10.2. The number of methoxy groups -OCH3 is 1. The van der Waals surface area contributed by atoms with Crippen LogP contribution in [0.1, 0.15) is 24.8 Å². The molecule has 0 aromatic heterocycles. The Balaban J connectivity index is 1.89. The van der Waals surface area contributed by atoms with Gasteiger partial charge in [0, 0.05) is 23.9 Å². The highest BCUT2D eigenvalue weighted by Gasteiger charge is 2.60. The van der Waals surface area contributed by atoms with Gasteiger partial charge in [0.1, 0.15) is 0 Å². The Morgan fingerprint density at radius 2 is 2.29 bits per heavy atom. The molecule has 1 aromatic carbocycles. The van der Waals surface area contributed by atoms with Gasteiger partial charge < -0.3 is 14.4 Å². The average Bonchev–Trinajstić information content (AvgIpc) is 2.84. The molecule has 4 heteroatoms. The van der Waals surface area contributed by atoms with E-state index in [-0.39, 0.29) is 17.3 Å². The van der Waals surface area contributed by atoms with Crippen molar-refractivity contribution < 1.29 is 14.3 Å². The van der Waals surface area contributed by atoms with E-state index >= 15 is 0 Å². The number of piperidine rings is 1. The molecule has 0 N–H and O–H groups in total. The van der Waals surface area contributed by atoms with E-state index in [0.717, 1.165) is 37.4 Å². The molecule has 112 valence electrons. The van der Waals surface area contributed by atoms with Gasteiger partial charge in [-0.15, -0.1) is 0 Å². The van der Waals surface area contributed by atoms with Crippen molar-refractivity contribution in [3.63, 3.8) is 0 Å². The summed E-state index contributed by atoms with van der Waals surface area (Å²) in [6.45, 7) is 2.06. The van der Waals surface area contributed by atoms with Crippen LogP contribution in [0.5, 0.6) is 11.5 Å². The van der Waals surface area contributed by atoms with Gasteiger partial charge in [-0.25, -0.2) is 0 Å². The van der Waals surface area contributed by atoms with Crippen molar-refractivity contribution in [1.82, 2.24) is 4.90 Å². The summed E-state index contributed by atoms with van der Waals surface area (Å²) in [5.41, 5.74) is 1.06. The van der Waals surface area contributed by atoms with Crippen molar-refractivity contribution in [2.45, 2.75) is 30.8 Å². The van der Waals surface area contributed by atoms with E-state index < -0.39 is 0 Å². The summed E-state index contributed by atoms with van der Waals surface area (Å²) in [5, 5.41) is 0. The molecule has 1 aromatic rings. The van der Waals surface area contributed by atoms with Crippen molar-refractivity contribution in [2.24, 2.45) is 5.92 Å². The minimum atomic E-state index is -0.309. The molecule has 2 fully saturated rings. The quantitative estimate of drug-likeness (QED) is 0.792. The number of hydrogen-bond acceptors (Lipinski definition) is 4. The van der Waals surface area contributed by atoms with Crippen LogP contribution in [0.2, 0.25) is 0 Å². The first-order valence-electron chi connectivity index (χ1n) is 7.72. The third-order valence-electron chi connectivity index (χ3n) is 5.60. The lowest BCUT2D eigenvalue weighted by Crippen LogP contribution is -2.59. The Kier molecular flexibility index (Phi) is 2.80. The largest absolute Gasteiger partial charge is 0.493 e. The first kappa shape index (κ1) is 13.1. The van der Waals surface area contributed by atoms with Crippen molar-refractivity contribution in [3.05, 3.63) is 23.8 Å². The Hall–Kier alpha value is -1.55. The maximum atomic E-state index is 12.5. The number of nitrogens with zero attached hydrogens (tertiary/aromatic N) is 1. The Bertz CT molecular complexity index is 600. The SMILES string of the molecule is COc1cccc2c1O[C@@H]1C(=O)CC[C@@H]3CN(C)CC[C@]231. The second kappa shape index (κ2) is 4.47. The molecule has 0 amide bonds. The number of ether oxygens (including phenoxy) is 2. The monoisotopic (exact) mass is 287 g/mol. The highest BCUT2D eigenvalue weighted by molar-refractivity contribution is 5.88. The molecule has 1 spiro atoms. The van der Waals surface area contributed by atoms with Gasteiger partial charge in [-0.1, -0.05) is 12.1 Å². The summed E-state index contributed by atoms with van der Waals surface area (Å²) in [5.74, 6) is 2.30. The number of likely N-dealkylation sites (tertiary alicyclic amines) is 1. The summed E-state index contributed by atoms with van der Waals surface area (Å²) in [6, 6.07) is 6.07. The van der Waals surface area contributed by atoms with E-state index in [1.165, 1.54) is 5.56 Å². The predicted octanol–water partition coefficient (Wildman–Crippen LogP) is 2.01. The number of ketones is 1. The van der Waals surface area contributed by atoms with Crippen molar-refractivity contribution in [2.75, 3.05) is 27.2 Å². The molecule has 1 saturated carbocycles. The minimum Gasteiger partial charge on any atom is -0.493 e. The van der Waals surface area contributed by atoms with E-state index in [9.17, 15) is 4.79 Å². The zero-order valence-electron chi connectivity index (χ0n) is 12.6. The van der Waals surface area contributed by atoms with Crippen molar-refractivity contribution >= 4 is 5.78 Å². The lowest BCUT2D eigenvalue weighted by atomic mass is 9.58. The van der Waals surface area contributed by atoms with Crippen LogP contribution in [-0.4, -0.2) is 44.0 Å². The number of hydrogen-bond donors (Lipinski definition) is 0. The minimum absolute atomic E-state index is 0.133. The van der Waals surface area contributed by atoms with Crippen molar-refractivity contribution in [3.8, 4) is 11.5 Å². The standard InChI is InChI=1S/C17H21NO3/c1-18-9-8-17-11(10-18)6-7-13(19)16(17)21-15-12(17)4-3-5-14(15)20-2/h3-5,11,16H,6-10H2,1-2H3/t11-,16-,17-/m1/s1. The lowest BCUT2D eigenvalue weighted by molar-refractivity contribution is -0.135. The van der Waals surface area contributed by atoms with Gasteiger partial charge in [0.05, 0.1) is 7.11 Å². The fourth-order valence-corrected chi connectivity index (χ4v) is 4.59. The summed E-state index contributed by atoms with van der Waals surface area (Å²) in [4.78, 5) is 14.9. The number of rotatable bonds is 1. The van der Waals surface area contributed by atoms with E-state index in [2.05, 4.69) is 18.0 Å². The smallest absolute Gasteiger partial charge is 0.174 e. The molecular weight excluding hydrogens is 266 g/mol. The lowest BCUT2D eigenvalue weighted by Gasteiger charge is -2.49. The molecule has 21 heavy (non-hydrogen) atoms. The number of carbonyl (C=O) groups excluding carboxylic acids is 1. The highest BCUT2D eigenvalue weighted by atomic mass is 16.5. The molecule has 0 bridgehead atoms. The second-order valence-corrected chi connectivity index (χ2v) is 6.59. The fraction of sp³-hybridized carbons (Fsp3) is 0.588. The van der Waals surface area contributed by atoms with E-state index in [0.29, 0.717) is 12.3 Å². The van der Waals surface area contributed by atoms with Crippen LogP contribution in [0.3, 0.4) is 0 Å². The van der Waals surface area contributed by atoms with E-state index in [4.69, 9.17) is 9.47 Å². The van der Waals surface area contributed by atoms with E-state index in [1.807, 2.05) is 12.1 Å². The predicted molar refractivity (Wildman–Crippen MR) is 78.9 cm³/mol. The number of Topliss-reactive ketones (excluding diaryl/α,β-unsaturated/α-hetero) is 1. The maximum Gasteiger partial charge on any atom is 0.174 e.